The molecule has 206 valence electrons. The molecule has 8 atom stereocenters. The minimum Gasteiger partial charge on any atom is -0.465 e. The number of fused-ring (bicyclic) bond motifs is 2. The van der Waals surface area contributed by atoms with Crippen molar-refractivity contribution in [2.24, 2.45) is 17.8 Å². The first-order valence-corrected chi connectivity index (χ1v) is 14.1. The Labute approximate surface area is 221 Å². The Bertz CT molecular complexity index is 949. The zero-order valence-electron chi connectivity index (χ0n) is 23.0. The number of nitrogens with zero attached hydrogens (tertiary/aromatic N) is 2. The molecule has 8 nitrogen and oxygen atoms in total. The maximum atomic E-state index is 14.4. The summed E-state index contributed by atoms with van der Waals surface area (Å²) in [7, 11) is 0. The molecule has 0 aromatic carbocycles. The van der Waals surface area contributed by atoms with Crippen LogP contribution in [-0.2, 0) is 23.9 Å². The number of rotatable bonds is 7. The van der Waals surface area contributed by atoms with Crippen LogP contribution in [0.5, 0.6) is 0 Å². The van der Waals surface area contributed by atoms with Crippen LogP contribution in [0.15, 0.2) is 24.3 Å². The van der Waals surface area contributed by atoms with Gasteiger partial charge >= 0.3 is 5.97 Å². The highest BCUT2D eigenvalue weighted by molar-refractivity contribution is 5.99. The molecule has 0 saturated carbocycles. The smallest absolute Gasteiger partial charge is 0.313 e. The number of amides is 2. The first kappa shape index (κ1) is 27.8. The van der Waals surface area contributed by atoms with Crippen molar-refractivity contribution < 1.29 is 29.0 Å². The average Bonchev–Trinajstić information content (AvgIpc) is 3.19. The minimum absolute atomic E-state index is 0.0213. The van der Waals surface area contributed by atoms with Crippen LogP contribution in [0.3, 0.4) is 0 Å². The Balaban J connectivity index is 1.89. The molecule has 2 amide bonds. The van der Waals surface area contributed by atoms with Gasteiger partial charge in [0, 0.05) is 12.6 Å². The van der Waals surface area contributed by atoms with Gasteiger partial charge < -0.3 is 24.4 Å². The molecule has 0 aromatic rings. The molecule has 4 aliphatic heterocycles. The number of hydrogen-bond acceptors (Lipinski definition) is 6. The van der Waals surface area contributed by atoms with Crippen LogP contribution < -0.4 is 0 Å². The zero-order valence-corrected chi connectivity index (χ0v) is 23.0. The maximum Gasteiger partial charge on any atom is 0.313 e. The van der Waals surface area contributed by atoms with E-state index in [1.807, 2.05) is 56.9 Å². The summed E-state index contributed by atoms with van der Waals surface area (Å²) in [5.74, 6) is -2.82. The van der Waals surface area contributed by atoms with Gasteiger partial charge in [-0.2, -0.15) is 0 Å². The van der Waals surface area contributed by atoms with Crippen LogP contribution >= 0.6 is 0 Å². The number of hydrogen-bond donors (Lipinski definition) is 1. The van der Waals surface area contributed by atoms with Crippen molar-refractivity contribution in [3.8, 4) is 0 Å². The predicted molar refractivity (Wildman–Crippen MR) is 139 cm³/mol. The molecule has 4 heterocycles. The first-order chi connectivity index (χ1) is 17.7. The number of carbonyl (C=O) groups excluding carboxylic acids is 3. The van der Waals surface area contributed by atoms with Crippen LogP contribution in [-0.4, -0.2) is 81.8 Å². The lowest BCUT2D eigenvalue weighted by Gasteiger charge is -2.42. The summed E-state index contributed by atoms with van der Waals surface area (Å²) < 4.78 is 12.5. The molecule has 8 heteroatoms. The standard InChI is InChI=1S/C29H44N2O6/c1-6-13-20(4)30-16-12-15-29-22(23-27(35)36-17-11-9-8-10-14-28(23,5)37-29)25(33)31(24(29)26(30)34)21(18-32)19(3)7-2/h10,12,14-15,19-24,32H,6-9,11,13,16-18H2,1-5H3/b14-10-/t19-,20?,21-,22-,23+,24?,28-,29-/m0/s1. The zero-order chi connectivity index (χ0) is 27.0. The number of cyclic esters (lactones) is 1. The van der Waals surface area contributed by atoms with Gasteiger partial charge in [-0.1, -0.05) is 57.9 Å². The molecule has 2 fully saturated rings. The lowest BCUT2D eigenvalue weighted by atomic mass is 9.74. The van der Waals surface area contributed by atoms with E-state index in [1.165, 1.54) is 0 Å². The average molecular weight is 517 g/mol. The van der Waals surface area contributed by atoms with E-state index < -0.39 is 41.1 Å². The Kier molecular flexibility index (Phi) is 8.19. The summed E-state index contributed by atoms with van der Waals surface area (Å²) in [4.78, 5) is 45.8. The van der Waals surface area contributed by atoms with Crippen LogP contribution in [0.4, 0.5) is 0 Å². The lowest BCUT2D eigenvalue weighted by molar-refractivity contribution is -0.163. The highest BCUT2D eigenvalue weighted by Crippen LogP contribution is 2.57. The summed E-state index contributed by atoms with van der Waals surface area (Å²) in [6, 6.07) is -1.55. The minimum atomic E-state index is -1.33. The highest BCUT2D eigenvalue weighted by Gasteiger charge is 2.75. The maximum absolute atomic E-state index is 14.4. The highest BCUT2D eigenvalue weighted by atomic mass is 16.6. The van der Waals surface area contributed by atoms with E-state index in [-0.39, 0.29) is 30.4 Å². The van der Waals surface area contributed by atoms with Crippen LogP contribution in [0.2, 0.25) is 0 Å². The summed E-state index contributed by atoms with van der Waals surface area (Å²) in [6.07, 6.45) is 12.7. The van der Waals surface area contributed by atoms with E-state index in [2.05, 4.69) is 6.92 Å². The number of allylic oxidation sites excluding steroid dienone is 1. The summed E-state index contributed by atoms with van der Waals surface area (Å²) in [6.45, 7) is 10.4. The largest absolute Gasteiger partial charge is 0.465 e. The second kappa shape index (κ2) is 10.9. The van der Waals surface area contributed by atoms with E-state index in [9.17, 15) is 19.5 Å². The SMILES string of the molecule is CCCC(C)N1CC=C[C@]23O[C@@]4(C)/C=C\CCCCOC(=O)[C@H]4[C@H]2C(=O)N([C@@H](CO)[C@@H](C)CC)C3C1=O. The van der Waals surface area contributed by atoms with Crippen molar-refractivity contribution in [1.29, 1.82) is 0 Å². The van der Waals surface area contributed by atoms with Crippen LogP contribution in [0, 0.1) is 17.8 Å². The molecule has 2 saturated heterocycles. The number of aliphatic hydroxyl groups is 1. The van der Waals surface area contributed by atoms with Gasteiger partial charge in [-0.3, -0.25) is 14.4 Å². The van der Waals surface area contributed by atoms with Crippen molar-refractivity contribution >= 4 is 17.8 Å². The lowest BCUT2D eigenvalue weighted by Crippen LogP contribution is -2.60. The van der Waals surface area contributed by atoms with Crippen LogP contribution in [0.25, 0.3) is 0 Å². The van der Waals surface area contributed by atoms with Gasteiger partial charge in [0.15, 0.2) is 0 Å². The van der Waals surface area contributed by atoms with Gasteiger partial charge in [0.05, 0.1) is 30.8 Å². The molecule has 0 bridgehead atoms. The first-order valence-electron chi connectivity index (χ1n) is 14.1. The topological polar surface area (TPSA) is 96.4 Å². The van der Waals surface area contributed by atoms with Gasteiger partial charge in [0.2, 0.25) is 11.8 Å². The summed E-state index contributed by atoms with van der Waals surface area (Å²) in [5.41, 5.74) is -2.43. The van der Waals surface area contributed by atoms with Crippen LogP contribution in [0.1, 0.15) is 73.1 Å². The number of likely N-dealkylation sites (tertiary alicyclic amines) is 1. The quantitative estimate of drug-likeness (QED) is 0.412. The third-order valence-electron chi connectivity index (χ3n) is 9.05. The monoisotopic (exact) mass is 516 g/mol. The van der Waals surface area contributed by atoms with E-state index in [1.54, 1.807) is 4.90 Å². The van der Waals surface area contributed by atoms with Gasteiger partial charge in [0.25, 0.3) is 0 Å². The second-order valence-electron chi connectivity index (χ2n) is 11.5. The number of carbonyl (C=O) groups is 3. The molecule has 1 N–H and O–H groups in total. The number of ether oxygens (including phenoxy) is 2. The van der Waals surface area contributed by atoms with Crippen molar-refractivity contribution in [2.45, 2.75) is 102 Å². The summed E-state index contributed by atoms with van der Waals surface area (Å²) >= 11 is 0. The normalized spacial score (nSPS) is 37.2. The van der Waals surface area contributed by atoms with Crippen molar-refractivity contribution in [2.75, 3.05) is 19.8 Å². The predicted octanol–water partition coefficient (Wildman–Crippen LogP) is 3.23. The van der Waals surface area contributed by atoms with Crippen molar-refractivity contribution in [1.82, 2.24) is 9.80 Å². The van der Waals surface area contributed by atoms with E-state index in [0.29, 0.717) is 13.2 Å². The molecular weight excluding hydrogens is 472 g/mol. The van der Waals surface area contributed by atoms with E-state index in [4.69, 9.17) is 9.47 Å². The molecule has 2 unspecified atom stereocenters. The van der Waals surface area contributed by atoms with Gasteiger partial charge in [-0.05, 0) is 45.4 Å². The van der Waals surface area contributed by atoms with Gasteiger partial charge in [-0.25, -0.2) is 0 Å². The van der Waals surface area contributed by atoms with Gasteiger partial charge in [-0.15, -0.1) is 0 Å². The third-order valence-corrected chi connectivity index (χ3v) is 9.05. The molecular formula is C29H44N2O6. The molecule has 0 aliphatic carbocycles. The molecule has 1 spiro atoms. The third kappa shape index (κ3) is 4.54. The molecule has 0 radical (unpaired) electrons. The molecule has 4 aliphatic rings. The Morgan fingerprint density at radius 3 is 2.51 bits per heavy atom. The van der Waals surface area contributed by atoms with E-state index >= 15 is 0 Å². The van der Waals surface area contributed by atoms with Crippen molar-refractivity contribution in [3.05, 3.63) is 24.3 Å². The fourth-order valence-corrected chi connectivity index (χ4v) is 6.90. The van der Waals surface area contributed by atoms with Gasteiger partial charge in [0.1, 0.15) is 17.6 Å². The Morgan fingerprint density at radius 2 is 1.84 bits per heavy atom. The van der Waals surface area contributed by atoms with E-state index in [0.717, 1.165) is 38.5 Å². The second-order valence-corrected chi connectivity index (χ2v) is 11.5. The summed E-state index contributed by atoms with van der Waals surface area (Å²) in [5, 5.41) is 10.5. The fraction of sp³-hybridized carbons (Fsp3) is 0.759. The Morgan fingerprint density at radius 1 is 1.08 bits per heavy atom. The molecule has 0 aromatic heterocycles. The molecule has 4 rings (SSSR count). The van der Waals surface area contributed by atoms with Crippen molar-refractivity contribution in [3.63, 3.8) is 0 Å². The number of aliphatic hydroxyl groups excluding tert-OH is 1. The number of esters is 1. The fourth-order valence-electron chi connectivity index (χ4n) is 6.90. The molecule has 37 heavy (non-hydrogen) atoms. The Hall–Kier alpha value is -2.19.